The molecule has 1 saturated carbocycles. The Balaban J connectivity index is 1.94. The number of anilines is 1. The zero-order valence-electron chi connectivity index (χ0n) is 9.99. The third-order valence-corrected chi connectivity index (χ3v) is 4.17. The van der Waals surface area contributed by atoms with Crippen LogP contribution in [0, 0.1) is 3.57 Å². The van der Waals surface area contributed by atoms with Crippen molar-refractivity contribution in [3.8, 4) is 11.4 Å². The summed E-state index contributed by atoms with van der Waals surface area (Å²) in [6.07, 6.45) is 5.03. The Morgan fingerprint density at radius 3 is 2.83 bits per heavy atom. The summed E-state index contributed by atoms with van der Waals surface area (Å²) in [6, 6.07) is 5.92. The van der Waals surface area contributed by atoms with Crippen molar-refractivity contribution in [3.05, 3.63) is 27.6 Å². The molecule has 0 radical (unpaired) electrons. The zero-order chi connectivity index (χ0) is 12.5. The summed E-state index contributed by atoms with van der Waals surface area (Å²) >= 11 is 2.27. The van der Waals surface area contributed by atoms with Crippen LogP contribution in [-0.2, 0) is 0 Å². The van der Waals surface area contributed by atoms with Crippen LogP contribution >= 0.6 is 22.6 Å². The standard InChI is InChI=1S/C13H15IN4/c14-9-5-6-11(15)10(7-9)13-16-12(17-18-13)8-3-1-2-4-8/h5-8H,1-4,15H2,(H,16,17,18). The highest BCUT2D eigenvalue weighted by Gasteiger charge is 2.21. The van der Waals surface area contributed by atoms with Gasteiger partial charge in [-0.15, -0.1) is 0 Å². The fourth-order valence-electron chi connectivity index (χ4n) is 2.50. The highest BCUT2D eigenvalue weighted by molar-refractivity contribution is 14.1. The zero-order valence-corrected chi connectivity index (χ0v) is 12.1. The van der Waals surface area contributed by atoms with Crippen molar-refractivity contribution in [2.75, 3.05) is 5.73 Å². The maximum Gasteiger partial charge on any atom is 0.183 e. The van der Waals surface area contributed by atoms with E-state index in [4.69, 9.17) is 5.73 Å². The second kappa shape index (κ2) is 4.87. The van der Waals surface area contributed by atoms with Crippen molar-refractivity contribution in [2.45, 2.75) is 31.6 Å². The first-order valence-corrected chi connectivity index (χ1v) is 7.29. The lowest BCUT2D eigenvalue weighted by molar-refractivity contribution is 0.672. The lowest BCUT2D eigenvalue weighted by Gasteiger charge is -2.03. The van der Waals surface area contributed by atoms with Gasteiger partial charge >= 0.3 is 0 Å². The van der Waals surface area contributed by atoms with Crippen molar-refractivity contribution in [2.24, 2.45) is 0 Å². The molecule has 0 unspecified atom stereocenters. The average Bonchev–Trinajstić information content (AvgIpc) is 3.00. The van der Waals surface area contributed by atoms with Gasteiger partial charge in [0.05, 0.1) is 0 Å². The smallest absolute Gasteiger partial charge is 0.183 e. The molecule has 1 aliphatic rings. The third kappa shape index (κ3) is 2.23. The SMILES string of the molecule is Nc1ccc(I)cc1-c1n[nH]c(C2CCCC2)n1. The first-order chi connectivity index (χ1) is 8.74. The molecule has 0 spiro atoms. The first-order valence-electron chi connectivity index (χ1n) is 6.22. The van der Waals surface area contributed by atoms with Crippen LogP contribution in [0.15, 0.2) is 18.2 Å². The van der Waals surface area contributed by atoms with E-state index in [1.807, 2.05) is 18.2 Å². The molecule has 1 aliphatic carbocycles. The molecular weight excluding hydrogens is 339 g/mol. The summed E-state index contributed by atoms with van der Waals surface area (Å²) in [5.41, 5.74) is 7.63. The number of nitrogens with one attached hydrogen (secondary N) is 1. The van der Waals surface area contributed by atoms with Gasteiger partial charge in [0.1, 0.15) is 5.82 Å². The number of H-pyrrole nitrogens is 1. The van der Waals surface area contributed by atoms with Crippen molar-refractivity contribution in [1.29, 1.82) is 0 Å². The summed E-state index contributed by atoms with van der Waals surface area (Å²) in [5, 5.41) is 7.39. The Kier molecular flexibility index (Phi) is 3.23. The Labute approximate surface area is 120 Å². The summed E-state index contributed by atoms with van der Waals surface area (Å²) in [5.74, 6) is 2.28. The highest BCUT2D eigenvalue weighted by Crippen LogP contribution is 2.33. The van der Waals surface area contributed by atoms with E-state index in [0.29, 0.717) is 11.7 Å². The van der Waals surface area contributed by atoms with Gasteiger partial charge in [0.2, 0.25) is 0 Å². The Bertz CT molecular complexity index is 558. The van der Waals surface area contributed by atoms with Gasteiger partial charge in [0.25, 0.3) is 0 Å². The quantitative estimate of drug-likeness (QED) is 0.642. The van der Waals surface area contributed by atoms with E-state index in [1.54, 1.807) is 0 Å². The second-order valence-electron chi connectivity index (χ2n) is 4.76. The number of nitrogens with two attached hydrogens (primary N) is 1. The summed E-state index contributed by atoms with van der Waals surface area (Å²) < 4.78 is 1.14. The minimum atomic E-state index is 0.551. The van der Waals surface area contributed by atoms with E-state index in [-0.39, 0.29) is 0 Å². The van der Waals surface area contributed by atoms with Gasteiger partial charge in [-0.3, -0.25) is 5.10 Å². The molecular formula is C13H15IN4. The maximum atomic E-state index is 5.99. The van der Waals surface area contributed by atoms with Crippen LogP contribution in [0.1, 0.15) is 37.4 Å². The van der Waals surface area contributed by atoms with E-state index in [2.05, 4.69) is 37.8 Å². The number of rotatable bonds is 2. The molecule has 18 heavy (non-hydrogen) atoms. The highest BCUT2D eigenvalue weighted by atomic mass is 127. The molecule has 2 aromatic rings. The average molecular weight is 354 g/mol. The van der Waals surface area contributed by atoms with Crippen LogP contribution in [0.5, 0.6) is 0 Å². The monoisotopic (exact) mass is 354 g/mol. The molecule has 1 heterocycles. The minimum absolute atomic E-state index is 0.551. The number of halogens is 1. The van der Waals surface area contributed by atoms with Gasteiger partial charge in [-0.2, -0.15) is 5.10 Å². The van der Waals surface area contributed by atoms with Crippen LogP contribution in [0.25, 0.3) is 11.4 Å². The van der Waals surface area contributed by atoms with Crippen LogP contribution in [0.3, 0.4) is 0 Å². The second-order valence-corrected chi connectivity index (χ2v) is 6.00. The van der Waals surface area contributed by atoms with E-state index in [9.17, 15) is 0 Å². The summed E-state index contributed by atoms with van der Waals surface area (Å²) in [4.78, 5) is 4.61. The molecule has 4 nitrogen and oxygen atoms in total. The van der Waals surface area contributed by atoms with Crippen LogP contribution in [0.4, 0.5) is 5.69 Å². The predicted molar refractivity (Wildman–Crippen MR) is 80.2 cm³/mol. The fourth-order valence-corrected chi connectivity index (χ4v) is 2.99. The van der Waals surface area contributed by atoms with E-state index < -0.39 is 0 Å². The molecule has 1 fully saturated rings. The van der Waals surface area contributed by atoms with E-state index in [0.717, 1.165) is 20.6 Å². The van der Waals surface area contributed by atoms with Crippen LogP contribution in [-0.4, -0.2) is 15.2 Å². The maximum absolute atomic E-state index is 5.99. The number of aromatic nitrogens is 3. The van der Waals surface area contributed by atoms with Crippen molar-refractivity contribution in [3.63, 3.8) is 0 Å². The van der Waals surface area contributed by atoms with Crippen molar-refractivity contribution in [1.82, 2.24) is 15.2 Å². The Morgan fingerprint density at radius 2 is 2.06 bits per heavy atom. The Morgan fingerprint density at radius 1 is 1.28 bits per heavy atom. The normalized spacial score (nSPS) is 16.3. The molecule has 3 rings (SSSR count). The molecule has 0 bridgehead atoms. The molecule has 0 amide bonds. The molecule has 3 N–H and O–H groups in total. The molecule has 0 atom stereocenters. The lowest BCUT2D eigenvalue weighted by atomic mass is 10.1. The lowest BCUT2D eigenvalue weighted by Crippen LogP contribution is -1.95. The van der Waals surface area contributed by atoms with Crippen molar-refractivity contribution < 1.29 is 0 Å². The third-order valence-electron chi connectivity index (χ3n) is 3.50. The van der Waals surface area contributed by atoms with Crippen LogP contribution in [0.2, 0.25) is 0 Å². The van der Waals surface area contributed by atoms with Gasteiger partial charge in [0, 0.05) is 20.7 Å². The molecule has 1 aromatic carbocycles. The van der Waals surface area contributed by atoms with Crippen molar-refractivity contribution >= 4 is 28.3 Å². The van der Waals surface area contributed by atoms with Gasteiger partial charge in [-0.25, -0.2) is 4.98 Å². The molecule has 94 valence electrons. The van der Waals surface area contributed by atoms with E-state index >= 15 is 0 Å². The number of benzene rings is 1. The topological polar surface area (TPSA) is 67.6 Å². The predicted octanol–water partition coefficient (Wildman–Crippen LogP) is 3.32. The van der Waals surface area contributed by atoms with Gasteiger partial charge in [-0.05, 0) is 53.6 Å². The molecule has 0 saturated heterocycles. The fraction of sp³-hybridized carbons (Fsp3) is 0.385. The summed E-state index contributed by atoms with van der Waals surface area (Å²) in [7, 11) is 0. The largest absolute Gasteiger partial charge is 0.398 e. The molecule has 1 aromatic heterocycles. The van der Waals surface area contributed by atoms with Gasteiger partial charge in [-0.1, -0.05) is 12.8 Å². The Hall–Kier alpha value is -1.11. The van der Waals surface area contributed by atoms with Gasteiger partial charge in [0.15, 0.2) is 5.82 Å². The van der Waals surface area contributed by atoms with Gasteiger partial charge < -0.3 is 5.73 Å². The number of nitrogens with zero attached hydrogens (tertiary/aromatic N) is 2. The molecule has 0 aliphatic heterocycles. The minimum Gasteiger partial charge on any atom is -0.398 e. The van der Waals surface area contributed by atoms with Crippen LogP contribution < -0.4 is 5.73 Å². The first kappa shape index (κ1) is 12.0. The number of nitrogen functional groups attached to an aromatic ring is 1. The number of hydrogen-bond donors (Lipinski definition) is 2. The number of aromatic amines is 1. The molecule has 5 heteroatoms. The summed E-state index contributed by atoms with van der Waals surface area (Å²) in [6.45, 7) is 0. The number of hydrogen-bond acceptors (Lipinski definition) is 3. The van der Waals surface area contributed by atoms with E-state index in [1.165, 1.54) is 25.7 Å².